The number of phenols is 1. The minimum Gasteiger partial charge on any atom is -0.508 e. The monoisotopic (exact) mass is 386 g/mol. The number of amides is 3. The Balaban J connectivity index is 1.68. The van der Waals surface area contributed by atoms with Crippen molar-refractivity contribution in [3.05, 3.63) is 95.6 Å². The molecule has 2 N–H and O–H groups in total. The van der Waals surface area contributed by atoms with Crippen LogP contribution in [0.3, 0.4) is 0 Å². The van der Waals surface area contributed by atoms with Gasteiger partial charge in [-0.15, -0.1) is 0 Å². The quantitative estimate of drug-likeness (QED) is 0.659. The predicted octanol–water partition coefficient (Wildman–Crippen LogP) is 3.24. The summed E-state index contributed by atoms with van der Waals surface area (Å²) in [5.74, 6) is -1.48. The van der Waals surface area contributed by atoms with Crippen molar-refractivity contribution in [3.8, 4) is 5.75 Å². The average Bonchev–Trinajstić information content (AvgIpc) is 2.98. The van der Waals surface area contributed by atoms with Gasteiger partial charge >= 0.3 is 0 Å². The Morgan fingerprint density at radius 3 is 2.10 bits per heavy atom. The average molecular weight is 386 g/mol. The predicted molar refractivity (Wildman–Crippen MR) is 108 cm³/mol. The molecule has 0 fully saturated rings. The Hall–Kier alpha value is -3.93. The van der Waals surface area contributed by atoms with Crippen molar-refractivity contribution in [2.24, 2.45) is 0 Å². The van der Waals surface area contributed by atoms with E-state index in [0.717, 1.165) is 10.5 Å². The molecule has 0 aromatic heterocycles. The highest BCUT2D eigenvalue weighted by Crippen LogP contribution is 2.27. The van der Waals surface area contributed by atoms with E-state index in [-0.39, 0.29) is 12.2 Å². The maximum atomic E-state index is 13.1. The van der Waals surface area contributed by atoms with Gasteiger partial charge in [0, 0.05) is 18.2 Å². The van der Waals surface area contributed by atoms with Gasteiger partial charge in [-0.05, 0) is 29.8 Å². The molecule has 29 heavy (non-hydrogen) atoms. The number of rotatable bonds is 5. The molecule has 1 atom stereocenters. The van der Waals surface area contributed by atoms with Crippen molar-refractivity contribution in [2.75, 3.05) is 5.32 Å². The van der Waals surface area contributed by atoms with Crippen molar-refractivity contribution in [2.45, 2.75) is 12.5 Å². The Labute approximate surface area is 167 Å². The molecule has 6 heteroatoms. The number of nitrogens with zero attached hydrogens (tertiary/aromatic N) is 1. The fourth-order valence-corrected chi connectivity index (χ4v) is 3.44. The number of imide groups is 1. The topological polar surface area (TPSA) is 86.7 Å². The van der Waals surface area contributed by atoms with E-state index in [0.29, 0.717) is 16.8 Å². The van der Waals surface area contributed by atoms with Gasteiger partial charge in [0.15, 0.2) is 0 Å². The molecule has 4 rings (SSSR count). The number of phenolic OH excluding ortho intramolecular Hbond substituents is 1. The molecular weight excluding hydrogens is 368 g/mol. The molecule has 0 saturated heterocycles. The lowest BCUT2D eigenvalue weighted by Gasteiger charge is -2.25. The lowest BCUT2D eigenvalue weighted by Crippen LogP contribution is -2.48. The van der Waals surface area contributed by atoms with E-state index >= 15 is 0 Å². The van der Waals surface area contributed by atoms with E-state index in [1.54, 1.807) is 36.4 Å². The second-order valence-corrected chi connectivity index (χ2v) is 6.77. The molecule has 0 spiro atoms. The van der Waals surface area contributed by atoms with Gasteiger partial charge in [0.05, 0.1) is 11.1 Å². The van der Waals surface area contributed by atoms with Gasteiger partial charge in [-0.1, -0.05) is 48.5 Å². The number of hydrogen-bond acceptors (Lipinski definition) is 4. The lowest BCUT2D eigenvalue weighted by molar-refractivity contribution is -0.119. The summed E-state index contributed by atoms with van der Waals surface area (Å²) in [6.07, 6.45) is 0.178. The highest BCUT2D eigenvalue weighted by Gasteiger charge is 2.42. The van der Waals surface area contributed by atoms with Crippen molar-refractivity contribution >= 4 is 23.4 Å². The zero-order chi connectivity index (χ0) is 20.4. The normalized spacial score (nSPS) is 13.9. The van der Waals surface area contributed by atoms with Crippen LogP contribution in [0.5, 0.6) is 5.75 Å². The number of anilines is 1. The minimum absolute atomic E-state index is 0.00291. The third-order valence-electron chi connectivity index (χ3n) is 4.83. The van der Waals surface area contributed by atoms with Crippen LogP contribution in [-0.2, 0) is 11.2 Å². The van der Waals surface area contributed by atoms with Gasteiger partial charge in [0.1, 0.15) is 11.8 Å². The van der Waals surface area contributed by atoms with Crippen LogP contribution in [-0.4, -0.2) is 33.8 Å². The number of carbonyl (C=O) groups is 3. The summed E-state index contributed by atoms with van der Waals surface area (Å²) < 4.78 is 0. The van der Waals surface area contributed by atoms with E-state index in [1.165, 1.54) is 12.1 Å². The largest absolute Gasteiger partial charge is 0.508 e. The second kappa shape index (κ2) is 7.59. The summed E-state index contributed by atoms with van der Waals surface area (Å²) in [5, 5.41) is 12.3. The molecule has 0 bridgehead atoms. The fourth-order valence-electron chi connectivity index (χ4n) is 3.44. The summed E-state index contributed by atoms with van der Waals surface area (Å²) in [6, 6.07) is 20.8. The molecule has 3 aromatic carbocycles. The molecule has 0 unspecified atom stereocenters. The first kappa shape index (κ1) is 18.4. The van der Waals surface area contributed by atoms with E-state index in [4.69, 9.17) is 0 Å². The number of aromatic hydroxyl groups is 1. The summed E-state index contributed by atoms with van der Waals surface area (Å²) in [5.41, 5.74) is 1.78. The molecule has 0 aliphatic carbocycles. The molecule has 0 saturated carbocycles. The first-order valence-electron chi connectivity index (χ1n) is 9.15. The zero-order valence-corrected chi connectivity index (χ0v) is 15.4. The van der Waals surface area contributed by atoms with E-state index in [1.807, 2.05) is 30.3 Å². The van der Waals surface area contributed by atoms with Gasteiger partial charge in [0.2, 0.25) is 5.91 Å². The first-order valence-corrected chi connectivity index (χ1v) is 9.15. The molecule has 1 aliphatic heterocycles. The minimum atomic E-state index is -1.04. The van der Waals surface area contributed by atoms with Gasteiger partial charge in [-0.2, -0.15) is 0 Å². The van der Waals surface area contributed by atoms with Gasteiger partial charge in [-0.25, -0.2) is 0 Å². The first-order chi connectivity index (χ1) is 14.0. The summed E-state index contributed by atoms with van der Waals surface area (Å²) in [7, 11) is 0. The van der Waals surface area contributed by atoms with Crippen LogP contribution < -0.4 is 5.32 Å². The van der Waals surface area contributed by atoms with Gasteiger partial charge in [0.25, 0.3) is 11.8 Å². The van der Waals surface area contributed by atoms with Crippen LogP contribution in [0.2, 0.25) is 0 Å². The lowest BCUT2D eigenvalue weighted by atomic mass is 10.0. The zero-order valence-electron chi connectivity index (χ0n) is 15.4. The molecule has 1 aliphatic rings. The van der Waals surface area contributed by atoms with Crippen molar-refractivity contribution in [3.63, 3.8) is 0 Å². The molecule has 3 amide bonds. The molecule has 1 heterocycles. The van der Waals surface area contributed by atoms with Crippen LogP contribution in [0.1, 0.15) is 26.3 Å². The molecule has 3 aromatic rings. The summed E-state index contributed by atoms with van der Waals surface area (Å²) in [4.78, 5) is 40.0. The molecule has 6 nitrogen and oxygen atoms in total. The number of benzene rings is 3. The summed E-state index contributed by atoms with van der Waals surface area (Å²) >= 11 is 0. The van der Waals surface area contributed by atoms with Crippen molar-refractivity contribution in [1.29, 1.82) is 0 Å². The number of hydrogen-bond donors (Lipinski definition) is 2. The standard InChI is InChI=1S/C23H18N2O4/c26-17-10-6-9-16(14-17)24-21(27)20(13-15-7-2-1-3-8-15)25-22(28)18-11-4-5-12-19(18)23(25)29/h1-12,14,20,26H,13H2,(H,24,27)/t20-/m1/s1. The number of fused-ring (bicyclic) bond motifs is 1. The Morgan fingerprint density at radius 1 is 0.862 bits per heavy atom. The van der Waals surface area contributed by atoms with Crippen molar-refractivity contribution in [1.82, 2.24) is 4.90 Å². The van der Waals surface area contributed by atoms with Crippen LogP contribution in [0.25, 0.3) is 0 Å². The molecule has 0 radical (unpaired) electrons. The smallest absolute Gasteiger partial charge is 0.262 e. The fraction of sp³-hybridized carbons (Fsp3) is 0.0870. The van der Waals surface area contributed by atoms with E-state index in [9.17, 15) is 19.5 Å². The van der Waals surface area contributed by atoms with Gasteiger partial charge < -0.3 is 10.4 Å². The highest BCUT2D eigenvalue weighted by atomic mass is 16.3. The second-order valence-electron chi connectivity index (χ2n) is 6.77. The number of carbonyl (C=O) groups excluding carboxylic acids is 3. The number of nitrogens with one attached hydrogen (secondary N) is 1. The van der Waals surface area contributed by atoms with Crippen LogP contribution >= 0.6 is 0 Å². The Morgan fingerprint density at radius 2 is 1.48 bits per heavy atom. The molecule has 144 valence electrons. The van der Waals surface area contributed by atoms with Crippen LogP contribution in [0.4, 0.5) is 5.69 Å². The Kier molecular flexibility index (Phi) is 4.83. The summed E-state index contributed by atoms with van der Waals surface area (Å²) in [6.45, 7) is 0. The SMILES string of the molecule is O=C(Nc1cccc(O)c1)[C@@H](Cc1ccccc1)N1C(=O)c2ccccc2C1=O. The maximum absolute atomic E-state index is 13.1. The Bertz CT molecular complexity index is 1060. The third-order valence-corrected chi connectivity index (χ3v) is 4.83. The van der Waals surface area contributed by atoms with Crippen LogP contribution in [0, 0.1) is 0 Å². The van der Waals surface area contributed by atoms with E-state index in [2.05, 4.69) is 5.32 Å². The van der Waals surface area contributed by atoms with Crippen molar-refractivity contribution < 1.29 is 19.5 Å². The van der Waals surface area contributed by atoms with Crippen LogP contribution in [0.15, 0.2) is 78.9 Å². The maximum Gasteiger partial charge on any atom is 0.262 e. The van der Waals surface area contributed by atoms with E-state index < -0.39 is 23.8 Å². The van der Waals surface area contributed by atoms with Gasteiger partial charge in [-0.3, -0.25) is 19.3 Å². The third kappa shape index (κ3) is 3.60. The molecular formula is C23H18N2O4. The highest BCUT2D eigenvalue weighted by molar-refractivity contribution is 6.23.